The van der Waals surface area contributed by atoms with E-state index in [-0.39, 0.29) is 24.1 Å². The first-order chi connectivity index (χ1) is 10.5. The molecule has 1 amide bonds. The van der Waals surface area contributed by atoms with Crippen molar-refractivity contribution in [3.8, 4) is 0 Å². The lowest BCUT2D eigenvalue weighted by Crippen LogP contribution is -2.41. The summed E-state index contributed by atoms with van der Waals surface area (Å²) < 4.78 is 26.9. The molecule has 0 aliphatic heterocycles. The van der Waals surface area contributed by atoms with Gasteiger partial charge in [0.1, 0.15) is 0 Å². The van der Waals surface area contributed by atoms with Gasteiger partial charge in [0.25, 0.3) is 5.91 Å². The van der Waals surface area contributed by atoms with Crippen LogP contribution in [0, 0.1) is 0 Å². The second-order valence-electron chi connectivity index (χ2n) is 6.64. The van der Waals surface area contributed by atoms with E-state index in [0.29, 0.717) is 24.2 Å². The summed E-state index contributed by atoms with van der Waals surface area (Å²) in [6, 6.07) is 6.76. The minimum absolute atomic E-state index is 0. The average molecular weight is 378 g/mol. The molecule has 0 bridgehead atoms. The Hall–Kier alpha value is -1.15. The van der Waals surface area contributed by atoms with Gasteiger partial charge in [0.15, 0.2) is 0 Å². The molecular formula is C16H28ClN3O3S. The number of nitrogens with one attached hydrogen (secondary N) is 2. The first-order valence-corrected chi connectivity index (χ1v) is 9.20. The van der Waals surface area contributed by atoms with E-state index in [1.165, 1.54) is 0 Å². The first kappa shape index (κ1) is 22.9. The lowest BCUT2D eigenvalue weighted by molar-refractivity contribution is 0.0796. The van der Waals surface area contributed by atoms with Gasteiger partial charge in [-0.3, -0.25) is 4.79 Å². The van der Waals surface area contributed by atoms with E-state index in [9.17, 15) is 13.2 Å². The molecule has 0 aliphatic rings. The summed E-state index contributed by atoms with van der Waals surface area (Å²) >= 11 is 0. The molecule has 138 valence electrons. The van der Waals surface area contributed by atoms with Crippen molar-refractivity contribution in [3.63, 3.8) is 0 Å². The zero-order valence-corrected chi connectivity index (χ0v) is 16.6. The minimum atomic E-state index is -3.45. The smallest absolute Gasteiger partial charge is 0.253 e. The minimum Gasteiger partial charge on any atom is -0.340 e. The molecule has 1 aromatic rings. The number of halogens is 1. The number of hydrogen-bond acceptors (Lipinski definition) is 4. The third-order valence-electron chi connectivity index (χ3n) is 3.04. The third-order valence-corrected chi connectivity index (χ3v) is 4.67. The molecule has 0 radical (unpaired) electrons. The fourth-order valence-electron chi connectivity index (χ4n) is 2.12. The number of nitrogens with zero attached hydrogens (tertiary/aromatic N) is 1. The maximum absolute atomic E-state index is 12.3. The zero-order valence-electron chi connectivity index (χ0n) is 14.9. The van der Waals surface area contributed by atoms with E-state index < -0.39 is 15.6 Å². The van der Waals surface area contributed by atoms with Gasteiger partial charge in [0, 0.05) is 31.2 Å². The fourth-order valence-corrected chi connectivity index (χ4v) is 3.74. The van der Waals surface area contributed by atoms with E-state index in [4.69, 9.17) is 0 Å². The highest BCUT2D eigenvalue weighted by atomic mass is 35.5. The van der Waals surface area contributed by atoms with E-state index in [2.05, 4.69) is 10.0 Å². The predicted octanol–water partition coefficient (Wildman–Crippen LogP) is 1.62. The maximum Gasteiger partial charge on any atom is 0.253 e. The van der Waals surface area contributed by atoms with Crippen LogP contribution in [0.2, 0.25) is 0 Å². The maximum atomic E-state index is 12.3. The predicted molar refractivity (Wildman–Crippen MR) is 100 cm³/mol. The normalized spacial score (nSPS) is 11.7. The zero-order chi connectivity index (χ0) is 17.7. The molecule has 6 nitrogen and oxygen atoms in total. The van der Waals surface area contributed by atoms with Crippen LogP contribution in [-0.2, 0) is 15.8 Å². The molecular weight excluding hydrogens is 350 g/mol. The highest BCUT2D eigenvalue weighted by molar-refractivity contribution is 7.88. The molecule has 0 aliphatic carbocycles. The summed E-state index contributed by atoms with van der Waals surface area (Å²) in [6.07, 6.45) is 0. The van der Waals surface area contributed by atoms with Gasteiger partial charge in [-0.15, -0.1) is 12.4 Å². The largest absolute Gasteiger partial charge is 0.340 e. The van der Waals surface area contributed by atoms with Crippen LogP contribution in [0.1, 0.15) is 36.7 Å². The van der Waals surface area contributed by atoms with Gasteiger partial charge in [0.05, 0.1) is 5.75 Å². The van der Waals surface area contributed by atoms with Gasteiger partial charge in [-0.1, -0.05) is 12.1 Å². The van der Waals surface area contributed by atoms with E-state index in [1.807, 2.05) is 7.05 Å². The SMILES string of the molecule is CNCCN(C)C(=O)c1cccc(CS(=O)(=O)NC(C)(C)C)c1.Cl. The summed E-state index contributed by atoms with van der Waals surface area (Å²) in [4.78, 5) is 13.9. The number of carbonyl (C=O) groups excluding carboxylic acids is 1. The van der Waals surface area contributed by atoms with Crippen LogP contribution in [0.3, 0.4) is 0 Å². The third kappa shape index (κ3) is 8.10. The Morgan fingerprint density at radius 3 is 2.42 bits per heavy atom. The van der Waals surface area contributed by atoms with Gasteiger partial charge in [0.2, 0.25) is 10.0 Å². The Morgan fingerprint density at radius 2 is 1.88 bits per heavy atom. The van der Waals surface area contributed by atoms with Crippen molar-refractivity contribution in [2.45, 2.75) is 32.1 Å². The molecule has 0 heterocycles. The summed E-state index contributed by atoms with van der Waals surface area (Å²) in [7, 11) is 0.0977. The molecule has 0 saturated carbocycles. The average Bonchev–Trinajstić information content (AvgIpc) is 2.40. The summed E-state index contributed by atoms with van der Waals surface area (Å²) in [6.45, 7) is 6.67. The molecule has 0 atom stereocenters. The Labute approximate surface area is 151 Å². The molecule has 8 heteroatoms. The Bertz CT molecular complexity index is 642. The van der Waals surface area contributed by atoms with Gasteiger partial charge in [-0.05, 0) is 45.5 Å². The standard InChI is InChI=1S/C16H27N3O3S.ClH/c1-16(2,3)18-23(21,22)12-13-7-6-8-14(11-13)15(20)19(5)10-9-17-4;/h6-8,11,17-18H,9-10,12H2,1-5H3;1H. The van der Waals surface area contributed by atoms with Gasteiger partial charge in [-0.2, -0.15) is 0 Å². The lowest BCUT2D eigenvalue weighted by atomic mass is 10.1. The summed E-state index contributed by atoms with van der Waals surface area (Å²) in [5.41, 5.74) is 0.557. The molecule has 1 aromatic carbocycles. The van der Waals surface area contributed by atoms with Crippen LogP contribution < -0.4 is 10.0 Å². The molecule has 0 fully saturated rings. The van der Waals surface area contributed by atoms with Crippen molar-refractivity contribution in [2.75, 3.05) is 27.2 Å². The van der Waals surface area contributed by atoms with E-state index in [0.717, 1.165) is 0 Å². The monoisotopic (exact) mass is 377 g/mol. The molecule has 24 heavy (non-hydrogen) atoms. The first-order valence-electron chi connectivity index (χ1n) is 7.55. The number of benzene rings is 1. The van der Waals surface area contributed by atoms with Gasteiger partial charge >= 0.3 is 0 Å². The van der Waals surface area contributed by atoms with Crippen molar-refractivity contribution in [1.82, 2.24) is 14.9 Å². The van der Waals surface area contributed by atoms with Gasteiger partial charge in [-0.25, -0.2) is 13.1 Å². The Morgan fingerprint density at radius 1 is 1.25 bits per heavy atom. The van der Waals surface area contributed by atoms with E-state index >= 15 is 0 Å². The molecule has 0 unspecified atom stereocenters. The summed E-state index contributed by atoms with van der Waals surface area (Å²) in [5.74, 6) is -0.269. The molecule has 0 saturated heterocycles. The number of sulfonamides is 1. The number of amides is 1. The van der Waals surface area contributed by atoms with E-state index in [1.54, 1.807) is 57.0 Å². The van der Waals surface area contributed by atoms with Crippen molar-refractivity contribution in [1.29, 1.82) is 0 Å². The van der Waals surface area contributed by atoms with Crippen LogP contribution in [0.25, 0.3) is 0 Å². The van der Waals surface area contributed by atoms with Crippen LogP contribution in [-0.4, -0.2) is 51.9 Å². The molecule has 1 rings (SSSR count). The highest BCUT2D eigenvalue weighted by Gasteiger charge is 2.21. The second-order valence-corrected chi connectivity index (χ2v) is 8.36. The van der Waals surface area contributed by atoms with Crippen molar-refractivity contribution in [3.05, 3.63) is 35.4 Å². The van der Waals surface area contributed by atoms with Crippen molar-refractivity contribution < 1.29 is 13.2 Å². The lowest BCUT2D eigenvalue weighted by Gasteiger charge is -2.20. The topological polar surface area (TPSA) is 78.5 Å². The van der Waals surface area contributed by atoms with Crippen LogP contribution in [0.4, 0.5) is 0 Å². The molecule has 0 aromatic heterocycles. The van der Waals surface area contributed by atoms with Crippen molar-refractivity contribution in [2.24, 2.45) is 0 Å². The van der Waals surface area contributed by atoms with Crippen LogP contribution in [0.15, 0.2) is 24.3 Å². The Kier molecular flexibility index (Phi) is 8.91. The fraction of sp³-hybridized carbons (Fsp3) is 0.562. The number of carbonyl (C=O) groups is 1. The quantitative estimate of drug-likeness (QED) is 0.756. The number of likely N-dealkylation sites (N-methyl/N-ethyl adjacent to an activating group) is 2. The van der Waals surface area contributed by atoms with Crippen LogP contribution in [0.5, 0.6) is 0 Å². The number of hydrogen-bond donors (Lipinski definition) is 2. The summed E-state index contributed by atoms with van der Waals surface area (Å²) in [5, 5.41) is 2.99. The number of rotatable bonds is 7. The van der Waals surface area contributed by atoms with Crippen molar-refractivity contribution >= 4 is 28.3 Å². The highest BCUT2D eigenvalue weighted by Crippen LogP contribution is 2.12. The van der Waals surface area contributed by atoms with Gasteiger partial charge < -0.3 is 10.2 Å². The molecule has 2 N–H and O–H groups in total. The Balaban J connectivity index is 0.00000529. The second kappa shape index (κ2) is 9.36. The molecule has 0 spiro atoms. The van der Waals surface area contributed by atoms with Crippen LogP contribution >= 0.6 is 12.4 Å².